The lowest BCUT2D eigenvalue weighted by atomic mass is 10.2. The Morgan fingerprint density at radius 2 is 2.41 bits per heavy atom. The molecule has 0 spiro atoms. The monoisotopic (exact) mass is 250 g/mol. The van der Waals surface area contributed by atoms with Crippen LogP contribution >= 0.6 is 11.3 Å². The molecule has 2 N–H and O–H groups in total. The molecule has 92 valence electrons. The van der Waals surface area contributed by atoms with Gasteiger partial charge in [-0.25, -0.2) is 0 Å². The molecule has 0 radical (unpaired) electrons. The normalized spacial score (nSPS) is 13.2. The summed E-state index contributed by atoms with van der Waals surface area (Å²) in [6, 6.07) is 4.50. The molecule has 0 aliphatic carbocycles. The van der Waals surface area contributed by atoms with E-state index in [-0.39, 0.29) is 6.04 Å². The Labute approximate surface area is 106 Å². The zero-order valence-corrected chi connectivity index (χ0v) is 11.0. The van der Waals surface area contributed by atoms with E-state index in [0.29, 0.717) is 6.54 Å². The van der Waals surface area contributed by atoms with Gasteiger partial charge in [0.05, 0.1) is 12.2 Å². The second kappa shape index (κ2) is 5.44. The SMILES string of the molecule is CN(Cc1cnn(C)c1)C(CN)c1cccs1. The van der Waals surface area contributed by atoms with Crippen molar-refractivity contribution >= 4 is 11.3 Å². The summed E-state index contributed by atoms with van der Waals surface area (Å²) in [6.45, 7) is 1.50. The van der Waals surface area contributed by atoms with Crippen molar-refractivity contribution in [3.8, 4) is 0 Å². The van der Waals surface area contributed by atoms with Crippen LogP contribution in [0, 0.1) is 0 Å². The van der Waals surface area contributed by atoms with E-state index >= 15 is 0 Å². The molecule has 0 aliphatic rings. The molecular weight excluding hydrogens is 232 g/mol. The van der Waals surface area contributed by atoms with Crippen LogP contribution in [0.5, 0.6) is 0 Å². The van der Waals surface area contributed by atoms with E-state index in [1.165, 1.54) is 10.4 Å². The summed E-state index contributed by atoms with van der Waals surface area (Å²) in [6.07, 6.45) is 3.94. The van der Waals surface area contributed by atoms with Crippen LogP contribution < -0.4 is 5.73 Å². The molecule has 1 unspecified atom stereocenters. The van der Waals surface area contributed by atoms with Crippen LogP contribution in [0.3, 0.4) is 0 Å². The van der Waals surface area contributed by atoms with Crippen LogP contribution in [0.2, 0.25) is 0 Å². The average Bonchev–Trinajstić information content (AvgIpc) is 2.92. The Morgan fingerprint density at radius 1 is 1.59 bits per heavy atom. The number of nitrogens with zero attached hydrogens (tertiary/aromatic N) is 3. The third-order valence-electron chi connectivity index (χ3n) is 2.82. The van der Waals surface area contributed by atoms with E-state index < -0.39 is 0 Å². The molecule has 0 bridgehead atoms. The zero-order chi connectivity index (χ0) is 12.3. The Kier molecular flexibility index (Phi) is 3.93. The highest BCUT2D eigenvalue weighted by Crippen LogP contribution is 2.24. The summed E-state index contributed by atoms with van der Waals surface area (Å²) >= 11 is 1.76. The van der Waals surface area contributed by atoms with Crippen molar-refractivity contribution < 1.29 is 0 Å². The number of likely N-dealkylation sites (N-methyl/N-ethyl adjacent to an activating group) is 1. The number of thiophene rings is 1. The number of aryl methyl sites for hydroxylation is 1. The minimum Gasteiger partial charge on any atom is -0.329 e. The summed E-state index contributed by atoms with van der Waals surface area (Å²) in [4.78, 5) is 3.59. The molecule has 0 amide bonds. The van der Waals surface area contributed by atoms with E-state index in [0.717, 1.165) is 6.54 Å². The fourth-order valence-corrected chi connectivity index (χ4v) is 2.85. The number of hydrogen-bond acceptors (Lipinski definition) is 4. The predicted molar refractivity (Wildman–Crippen MR) is 70.8 cm³/mol. The Balaban J connectivity index is 2.05. The van der Waals surface area contributed by atoms with Crippen LogP contribution in [-0.4, -0.2) is 28.3 Å². The van der Waals surface area contributed by atoms with E-state index in [1.54, 1.807) is 11.3 Å². The van der Waals surface area contributed by atoms with E-state index in [2.05, 4.69) is 34.6 Å². The summed E-state index contributed by atoms with van der Waals surface area (Å²) in [5.41, 5.74) is 7.08. The van der Waals surface area contributed by atoms with Crippen molar-refractivity contribution in [2.24, 2.45) is 12.8 Å². The van der Waals surface area contributed by atoms with Crippen molar-refractivity contribution in [1.82, 2.24) is 14.7 Å². The van der Waals surface area contributed by atoms with Gasteiger partial charge < -0.3 is 5.73 Å². The van der Waals surface area contributed by atoms with Crippen LogP contribution in [0.4, 0.5) is 0 Å². The Bertz CT molecular complexity index is 449. The molecule has 0 saturated carbocycles. The molecule has 0 saturated heterocycles. The number of nitrogens with two attached hydrogens (primary N) is 1. The molecule has 0 aliphatic heterocycles. The number of hydrogen-bond donors (Lipinski definition) is 1. The molecule has 0 aromatic carbocycles. The molecule has 2 heterocycles. The highest BCUT2D eigenvalue weighted by Gasteiger charge is 2.16. The van der Waals surface area contributed by atoms with Gasteiger partial charge in [0.15, 0.2) is 0 Å². The summed E-state index contributed by atoms with van der Waals surface area (Å²) < 4.78 is 1.83. The molecule has 4 nitrogen and oxygen atoms in total. The first-order valence-corrected chi connectivity index (χ1v) is 6.50. The maximum absolute atomic E-state index is 5.87. The Morgan fingerprint density at radius 3 is 2.94 bits per heavy atom. The van der Waals surface area contributed by atoms with Crippen LogP contribution in [0.1, 0.15) is 16.5 Å². The summed E-state index contributed by atoms with van der Waals surface area (Å²) in [7, 11) is 4.04. The quantitative estimate of drug-likeness (QED) is 0.877. The predicted octanol–water partition coefficient (Wildman–Crippen LogP) is 1.61. The van der Waals surface area contributed by atoms with E-state index in [4.69, 9.17) is 5.73 Å². The van der Waals surface area contributed by atoms with E-state index in [1.807, 2.05) is 24.1 Å². The minimum atomic E-state index is 0.287. The minimum absolute atomic E-state index is 0.287. The molecule has 1 atom stereocenters. The van der Waals surface area contributed by atoms with Crippen molar-refractivity contribution in [2.75, 3.05) is 13.6 Å². The van der Waals surface area contributed by atoms with Gasteiger partial charge >= 0.3 is 0 Å². The van der Waals surface area contributed by atoms with Gasteiger partial charge in [-0.15, -0.1) is 11.3 Å². The topological polar surface area (TPSA) is 47.1 Å². The molecule has 2 rings (SSSR count). The van der Waals surface area contributed by atoms with Gasteiger partial charge in [0, 0.05) is 36.8 Å². The van der Waals surface area contributed by atoms with Crippen molar-refractivity contribution in [3.63, 3.8) is 0 Å². The standard InChI is InChI=1S/C12H18N4S/c1-15(8-10-7-14-16(2)9-10)11(6-13)12-4-3-5-17-12/h3-5,7,9,11H,6,8,13H2,1-2H3. The van der Waals surface area contributed by atoms with E-state index in [9.17, 15) is 0 Å². The average molecular weight is 250 g/mol. The van der Waals surface area contributed by atoms with Gasteiger partial charge in [0.1, 0.15) is 0 Å². The molecule has 17 heavy (non-hydrogen) atoms. The summed E-state index contributed by atoms with van der Waals surface area (Å²) in [5, 5.41) is 6.27. The number of rotatable bonds is 5. The maximum atomic E-state index is 5.87. The van der Waals surface area contributed by atoms with Crippen molar-refractivity contribution in [2.45, 2.75) is 12.6 Å². The van der Waals surface area contributed by atoms with Crippen LogP contribution in [0.25, 0.3) is 0 Å². The van der Waals surface area contributed by atoms with Crippen molar-refractivity contribution in [3.05, 3.63) is 40.3 Å². The van der Waals surface area contributed by atoms with Gasteiger partial charge in [-0.2, -0.15) is 5.10 Å². The smallest absolute Gasteiger partial charge is 0.0564 e. The lowest BCUT2D eigenvalue weighted by molar-refractivity contribution is 0.245. The lowest BCUT2D eigenvalue weighted by Gasteiger charge is -2.25. The van der Waals surface area contributed by atoms with Gasteiger partial charge in [0.2, 0.25) is 0 Å². The van der Waals surface area contributed by atoms with Gasteiger partial charge in [-0.1, -0.05) is 6.07 Å². The van der Waals surface area contributed by atoms with Crippen LogP contribution in [0.15, 0.2) is 29.9 Å². The zero-order valence-electron chi connectivity index (χ0n) is 10.2. The lowest BCUT2D eigenvalue weighted by Crippen LogP contribution is -2.29. The second-order valence-corrected chi connectivity index (χ2v) is 5.18. The maximum Gasteiger partial charge on any atom is 0.0564 e. The highest BCUT2D eigenvalue weighted by molar-refractivity contribution is 7.10. The molecule has 2 aromatic rings. The largest absolute Gasteiger partial charge is 0.329 e. The Hall–Kier alpha value is -1.17. The first kappa shape index (κ1) is 12.3. The fourth-order valence-electron chi connectivity index (χ4n) is 1.95. The molecule has 0 fully saturated rings. The number of aromatic nitrogens is 2. The third-order valence-corrected chi connectivity index (χ3v) is 3.79. The highest BCUT2D eigenvalue weighted by atomic mass is 32.1. The fraction of sp³-hybridized carbons (Fsp3) is 0.417. The van der Waals surface area contributed by atoms with Crippen molar-refractivity contribution in [1.29, 1.82) is 0 Å². The molecule has 2 aromatic heterocycles. The van der Waals surface area contributed by atoms with Gasteiger partial charge in [-0.05, 0) is 18.5 Å². The van der Waals surface area contributed by atoms with Crippen LogP contribution in [-0.2, 0) is 13.6 Å². The first-order chi connectivity index (χ1) is 8.20. The second-order valence-electron chi connectivity index (χ2n) is 4.20. The first-order valence-electron chi connectivity index (χ1n) is 5.62. The van der Waals surface area contributed by atoms with Gasteiger partial charge in [-0.3, -0.25) is 9.58 Å². The molecular formula is C12H18N4S. The molecule has 5 heteroatoms. The third kappa shape index (κ3) is 2.94. The summed E-state index contributed by atoms with van der Waals surface area (Å²) in [5.74, 6) is 0. The van der Waals surface area contributed by atoms with Gasteiger partial charge in [0.25, 0.3) is 0 Å².